The Hall–Kier alpha value is -2.35. The van der Waals surface area contributed by atoms with E-state index < -0.39 is 24.5 Å². The molecule has 2 N–H and O–H groups in total. The van der Waals surface area contributed by atoms with E-state index in [1.54, 1.807) is 37.3 Å². The quantitative estimate of drug-likeness (QED) is 0.885. The van der Waals surface area contributed by atoms with Crippen LogP contribution in [0.25, 0.3) is 5.69 Å². The van der Waals surface area contributed by atoms with Crippen LogP contribution in [-0.2, 0) is 11.0 Å². The summed E-state index contributed by atoms with van der Waals surface area (Å²) < 4.78 is 44.8. The number of benzene rings is 1. The average Bonchev–Trinajstić information content (AvgIpc) is 2.97. The van der Waals surface area contributed by atoms with Crippen LogP contribution in [0, 0.1) is 0 Å². The van der Waals surface area contributed by atoms with Gasteiger partial charge in [0, 0.05) is 6.07 Å². The number of hydrogen-bond donors (Lipinski definition) is 1. The highest BCUT2D eigenvalue weighted by atomic mass is 19.4. The Kier molecular flexibility index (Phi) is 5.05. The van der Waals surface area contributed by atoms with Crippen molar-refractivity contribution in [2.75, 3.05) is 6.61 Å². The fourth-order valence-corrected chi connectivity index (χ4v) is 1.84. The molecule has 1 atom stereocenters. The topological polar surface area (TPSA) is 70.1 Å². The van der Waals surface area contributed by atoms with Crippen LogP contribution >= 0.6 is 0 Å². The summed E-state index contributed by atoms with van der Waals surface area (Å²) in [6.45, 7) is 1.32. The first-order chi connectivity index (χ1) is 10.8. The van der Waals surface area contributed by atoms with Crippen molar-refractivity contribution in [3.05, 3.63) is 42.1 Å². The van der Waals surface area contributed by atoms with E-state index in [2.05, 4.69) is 5.10 Å². The largest absolute Gasteiger partial charge is 0.469 e. The Morgan fingerprint density at radius 1 is 1.35 bits per heavy atom. The van der Waals surface area contributed by atoms with Crippen LogP contribution in [0.2, 0.25) is 0 Å². The van der Waals surface area contributed by atoms with Gasteiger partial charge in [0.2, 0.25) is 5.88 Å². The van der Waals surface area contributed by atoms with Gasteiger partial charge < -0.3 is 10.5 Å². The summed E-state index contributed by atoms with van der Waals surface area (Å²) in [6.07, 6.45) is -4.18. The number of halogens is 3. The molecule has 0 spiro atoms. The average molecular weight is 327 g/mol. The summed E-state index contributed by atoms with van der Waals surface area (Å²) in [4.78, 5) is 11.7. The number of Topliss-reactive ketones (excluding diaryl/α,β-unsaturated/α-hetero) is 1. The fourth-order valence-electron chi connectivity index (χ4n) is 1.84. The van der Waals surface area contributed by atoms with Crippen LogP contribution in [0.4, 0.5) is 13.2 Å². The Balaban J connectivity index is 2.30. The number of alkyl halides is 3. The van der Waals surface area contributed by atoms with E-state index in [-0.39, 0.29) is 11.7 Å². The van der Waals surface area contributed by atoms with Crippen LogP contribution in [0.15, 0.2) is 36.4 Å². The van der Waals surface area contributed by atoms with E-state index in [0.717, 1.165) is 10.7 Å². The second-order valence-corrected chi connectivity index (χ2v) is 4.88. The normalized spacial score (nSPS) is 12.9. The SMILES string of the molecule is CCC(N)C(=O)COc1cc(C(F)(F)F)nn1-c1ccccc1. The zero-order valence-corrected chi connectivity index (χ0v) is 12.4. The third kappa shape index (κ3) is 4.10. The Bertz CT molecular complexity index is 668. The molecule has 23 heavy (non-hydrogen) atoms. The van der Waals surface area contributed by atoms with Crippen molar-refractivity contribution in [3.8, 4) is 11.6 Å². The Morgan fingerprint density at radius 3 is 2.57 bits per heavy atom. The summed E-state index contributed by atoms with van der Waals surface area (Å²) in [5.74, 6) is -0.554. The van der Waals surface area contributed by atoms with Crippen LogP contribution in [0.1, 0.15) is 19.0 Å². The summed E-state index contributed by atoms with van der Waals surface area (Å²) in [5, 5.41) is 3.52. The summed E-state index contributed by atoms with van der Waals surface area (Å²) in [5.41, 5.74) is 4.87. The molecule has 0 aliphatic heterocycles. The van der Waals surface area contributed by atoms with Gasteiger partial charge in [-0.05, 0) is 18.6 Å². The van der Waals surface area contributed by atoms with Gasteiger partial charge >= 0.3 is 6.18 Å². The van der Waals surface area contributed by atoms with E-state index >= 15 is 0 Å². The van der Waals surface area contributed by atoms with Crippen molar-refractivity contribution in [1.29, 1.82) is 0 Å². The van der Waals surface area contributed by atoms with Crippen molar-refractivity contribution < 1.29 is 22.7 Å². The first kappa shape index (κ1) is 17.0. The minimum Gasteiger partial charge on any atom is -0.469 e. The second kappa shape index (κ2) is 6.82. The molecular formula is C15H16F3N3O2. The maximum absolute atomic E-state index is 12.9. The maximum atomic E-state index is 12.9. The summed E-state index contributed by atoms with van der Waals surface area (Å²) >= 11 is 0. The second-order valence-electron chi connectivity index (χ2n) is 4.88. The monoisotopic (exact) mass is 327 g/mol. The third-order valence-corrected chi connectivity index (χ3v) is 3.18. The number of nitrogens with zero attached hydrogens (tertiary/aromatic N) is 2. The molecular weight excluding hydrogens is 311 g/mol. The van der Waals surface area contributed by atoms with Gasteiger partial charge in [0.1, 0.15) is 6.61 Å². The molecule has 1 aromatic heterocycles. The number of nitrogens with two attached hydrogens (primary N) is 1. The molecule has 0 saturated carbocycles. The molecule has 124 valence electrons. The lowest BCUT2D eigenvalue weighted by Gasteiger charge is -2.10. The van der Waals surface area contributed by atoms with Crippen molar-refractivity contribution in [2.45, 2.75) is 25.6 Å². The standard InChI is InChI=1S/C15H16F3N3O2/c1-2-11(19)12(22)9-23-14-8-13(15(16,17)18)20-21(14)10-6-4-3-5-7-10/h3-8,11H,2,9,19H2,1H3. The molecule has 0 bridgehead atoms. The third-order valence-electron chi connectivity index (χ3n) is 3.18. The first-order valence-electron chi connectivity index (χ1n) is 6.96. The van der Waals surface area contributed by atoms with E-state index in [1.165, 1.54) is 0 Å². The van der Waals surface area contributed by atoms with Crippen molar-refractivity contribution in [3.63, 3.8) is 0 Å². The highest BCUT2D eigenvalue weighted by molar-refractivity contribution is 5.85. The predicted molar refractivity (Wildman–Crippen MR) is 77.3 cm³/mol. The first-order valence-corrected chi connectivity index (χ1v) is 6.96. The van der Waals surface area contributed by atoms with Gasteiger partial charge in [-0.25, -0.2) is 4.68 Å². The number of ketones is 1. The number of aromatic nitrogens is 2. The molecule has 0 aliphatic carbocycles. The van der Waals surface area contributed by atoms with Gasteiger partial charge in [-0.15, -0.1) is 0 Å². The zero-order chi connectivity index (χ0) is 17.0. The highest BCUT2D eigenvalue weighted by Gasteiger charge is 2.35. The number of ether oxygens (including phenoxy) is 1. The molecule has 0 amide bonds. The van der Waals surface area contributed by atoms with Gasteiger partial charge in [0.05, 0.1) is 11.7 Å². The highest BCUT2D eigenvalue weighted by Crippen LogP contribution is 2.32. The van der Waals surface area contributed by atoms with E-state index in [0.29, 0.717) is 12.1 Å². The number of carbonyl (C=O) groups is 1. The molecule has 0 saturated heterocycles. The zero-order valence-electron chi connectivity index (χ0n) is 12.4. The Morgan fingerprint density at radius 2 is 2.00 bits per heavy atom. The van der Waals surface area contributed by atoms with Crippen molar-refractivity contribution in [1.82, 2.24) is 9.78 Å². The van der Waals surface area contributed by atoms with Crippen LogP contribution in [-0.4, -0.2) is 28.2 Å². The van der Waals surface area contributed by atoms with Crippen LogP contribution in [0.5, 0.6) is 5.88 Å². The van der Waals surface area contributed by atoms with Crippen molar-refractivity contribution in [2.24, 2.45) is 5.73 Å². The Labute approximate surface area is 130 Å². The molecule has 0 radical (unpaired) electrons. The lowest BCUT2D eigenvalue weighted by molar-refractivity contribution is -0.141. The van der Waals surface area contributed by atoms with Gasteiger partial charge in [-0.1, -0.05) is 25.1 Å². The molecule has 2 aromatic rings. The van der Waals surface area contributed by atoms with E-state index in [1.807, 2.05) is 0 Å². The fraction of sp³-hybridized carbons (Fsp3) is 0.333. The summed E-state index contributed by atoms with van der Waals surface area (Å²) in [6, 6.07) is 8.27. The molecule has 5 nitrogen and oxygen atoms in total. The summed E-state index contributed by atoms with van der Waals surface area (Å²) in [7, 11) is 0. The molecule has 1 aromatic carbocycles. The molecule has 8 heteroatoms. The minimum atomic E-state index is -4.61. The predicted octanol–water partition coefficient (Wildman–Crippen LogP) is 2.58. The van der Waals surface area contributed by atoms with Gasteiger partial charge in [-0.2, -0.15) is 18.3 Å². The van der Waals surface area contributed by atoms with Crippen molar-refractivity contribution >= 4 is 5.78 Å². The van der Waals surface area contributed by atoms with Crippen LogP contribution < -0.4 is 10.5 Å². The number of carbonyl (C=O) groups excluding carboxylic acids is 1. The molecule has 0 fully saturated rings. The molecule has 1 heterocycles. The number of hydrogen-bond acceptors (Lipinski definition) is 4. The van der Waals surface area contributed by atoms with Gasteiger partial charge in [0.25, 0.3) is 0 Å². The smallest absolute Gasteiger partial charge is 0.435 e. The molecule has 1 unspecified atom stereocenters. The minimum absolute atomic E-state index is 0.167. The van der Waals surface area contributed by atoms with Gasteiger partial charge in [0.15, 0.2) is 11.5 Å². The lowest BCUT2D eigenvalue weighted by Crippen LogP contribution is -2.33. The molecule has 0 aliphatic rings. The van der Waals surface area contributed by atoms with E-state index in [4.69, 9.17) is 10.5 Å². The van der Waals surface area contributed by atoms with E-state index in [9.17, 15) is 18.0 Å². The van der Waals surface area contributed by atoms with Gasteiger partial charge in [-0.3, -0.25) is 4.79 Å². The maximum Gasteiger partial charge on any atom is 0.435 e. The van der Waals surface area contributed by atoms with Crippen LogP contribution in [0.3, 0.4) is 0 Å². The molecule has 2 rings (SSSR count). The lowest BCUT2D eigenvalue weighted by atomic mass is 10.1. The number of rotatable bonds is 6. The number of para-hydroxylation sites is 1.